The summed E-state index contributed by atoms with van der Waals surface area (Å²) in [6.45, 7) is -0.0160. The second-order valence-corrected chi connectivity index (χ2v) is 4.63. The summed E-state index contributed by atoms with van der Waals surface area (Å²) in [5.74, 6) is -4.05. The van der Waals surface area contributed by atoms with Gasteiger partial charge in [0.1, 0.15) is 5.69 Å². The molecule has 1 saturated heterocycles. The normalized spacial score (nSPS) is 22.3. The zero-order valence-corrected chi connectivity index (χ0v) is 10.7. The smallest absolute Gasteiger partial charge is 0.272 e. The molecule has 0 aromatic carbocycles. The van der Waals surface area contributed by atoms with Gasteiger partial charge in [-0.1, -0.05) is 6.07 Å². The maximum absolute atomic E-state index is 13.7. The average Bonchev–Trinajstić information content (AvgIpc) is 2.41. The van der Waals surface area contributed by atoms with Crippen molar-refractivity contribution >= 4 is 5.91 Å². The van der Waals surface area contributed by atoms with Crippen LogP contribution in [0.4, 0.5) is 8.78 Å². The fourth-order valence-corrected chi connectivity index (χ4v) is 2.19. The first-order valence-electron chi connectivity index (χ1n) is 6.11. The van der Waals surface area contributed by atoms with Gasteiger partial charge in [0, 0.05) is 32.8 Å². The molecule has 2 rings (SSSR count). The van der Waals surface area contributed by atoms with Crippen LogP contribution in [0.3, 0.4) is 0 Å². The number of ether oxygens (including phenoxy) is 1. The lowest BCUT2D eigenvalue weighted by atomic mass is 9.94. The van der Waals surface area contributed by atoms with E-state index in [1.807, 2.05) is 0 Å². The van der Waals surface area contributed by atoms with E-state index < -0.39 is 11.8 Å². The monoisotopic (exact) mass is 270 g/mol. The number of carbonyl (C=O) groups excluding carboxylic acids is 1. The van der Waals surface area contributed by atoms with E-state index in [0.717, 1.165) is 0 Å². The third-order valence-corrected chi connectivity index (χ3v) is 3.29. The fourth-order valence-electron chi connectivity index (χ4n) is 2.19. The highest BCUT2D eigenvalue weighted by atomic mass is 19.3. The van der Waals surface area contributed by atoms with Crippen LogP contribution in [0.2, 0.25) is 0 Å². The molecule has 6 heteroatoms. The predicted molar refractivity (Wildman–Crippen MR) is 65.1 cm³/mol. The van der Waals surface area contributed by atoms with Crippen molar-refractivity contribution in [3.8, 4) is 0 Å². The molecular weight excluding hydrogens is 254 g/mol. The topological polar surface area (TPSA) is 42.4 Å². The highest BCUT2D eigenvalue weighted by Crippen LogP contribution is 2.33. The summed E-state index contributed by atoms with van der Waals surface area (Å²) in [7, 11) is 1.38. The Kier molecular flexibility index (Phi) is 4.09. The molecule has 2 heterocycles. The summed E-state index contributed by atoms with van der Waals surface area (Å²) in [6, 6.07) is 4.99. The maximum Gasteiger partial charge on any atom is 0.272 e. The van der Waals surface area contributed by atoms with E-state index in [-0.39, 0.29) is 37.7 Å². The van der Waals surface area contributed by atoms with Crippen molar-refractivity contribution in [1.82, 2.24) is 9.88 Å². The van der Waals surface area contributed by atoms with Gasteiger partial charge in [-0.25, -0.2) is 8.78 Å². The third-order valence-electron chi connectivity index (χ3n) is 3.29. The molecule has 1 atom stereocenters. The Labute approximate surface area is 110 Å². The van der Waals surface area contributed by atoms with Crippen molar-refractivity contribution < 1.29 is 18.3 Å². The molecule has 1 amide bonds. The second kappa shape index (κ2) is 5.61. The van der Waals surface area contributed by atoms with Crippen molar-refractivity contribution in [2.75, 3.05) is 26.8 Å². The summed E-state index contributed by atoms with van der Waals surface area (Å²) in [5.41, 5.74) is 0.281. The number of pyridine rings is 1. The molecular formula is C13H16F2N2O2. The number of rotatable bonds is 3. The number of nitrogens with zero attached hydrogens (tertiary/aromatic N) is 2. The highest BCUT2D eigenvalue weighted by molar-refractivity contribution is 5.92. The van der Waals surface area contributed by atoms with E-state index in [0.29, 0.717) is 0 Å². The first kappa shape index (κ1) is 13.9. The Balaban J connectivity index is 2.09. The lowest BCUT2D eigenvalue weighted by Gasteiger charge is -2.37. The number of alkyl halides is 2. The minimum Gasteiger partial charge on any atom is -0.384 e. The highest BCUT2D eigenvalue weighted by Gasteiger charge is 2.45. The first-order valence-corrected chi connectivity index (χ1v) is 6.11. The van der Waals surface area contributed by atoms with Crippen LogP contribution in [-0.4, -0.2) is 48.5 Å². The Morgan fingerprint density at radius 3 is 3.00 bits per heavy atom. The van der Waals surface area contributed by atoms with Gasteiger partial charge in [0.2, 0.25) is 0 Å². The lowest BCUT2D eigenvalue weighted by Crippen LogP contribution is -2.50. The van der Waals surface area contributed by atoms with Gasteiger partial charge in [-0.05, 0) is 12.1 Å². The van der Waals surface area contributed by atoms with Gasteiger partial charge >= 0.3 is 0 Å². The van der Waals surface area contributed by atoms with Crippen LogP contribution < -0.4 is 0 Å². The molecule has 1 fully saturated rings. The van der Waals surface area contributed by atoms with Crippen LogP contribution in [0.15, 0.2) is 24.4 Å². The molecule has 4 nitrogen and oxygen atoms in total. The number of likely N-dealkylation sites (tertiary alicyclic amines) is 1. The number of piperidine rings is 1. The summed E-state index contributed by atoms with van der Waals surface area (Å²) in [6.07, 6.45) is 1.18. The maximum atomic E-state index is 13.7. The van der Waals surface area contributed by atoms with Crippen LogP contribution in [-0.2, 0) is 4.74 Å². The molecule has 19 heavy (non-hydrogen) atoms. The van der Waals surface area contributed by atoms with Gasteiger partial charge in [-0.2, -0.15) is 0 Å². The van der Waals surface area contributed by atoms with Crippen molar-refractivity contribution in [1.29, 1.82) is 0 Å². The molecule has 0 spiro atoms. The van der Waals surface area contributed by atoms with Crippen LogP contribution in [0, 0.1) is 5.92 Å². The molecule has 0 aliphatic carbocycles. The molecule has 0 bridgehead atoms. The summed E-state index contributed by atoms with van der Waals surface area (Å²) in [4.78, 5) is 17.5. The average molecular weight is 270 g/mol. The minimum atomic E-state index is -2.78. The summed E-state index contributed by atoms with van der Waals surface area (Å²) >= 11 is 0. The van der Waals surface area contributed by atoms with E-state index in [1.165, 1.54) is 18.2 Å². The molecule has 1 aromatic rings. The van der Waals surface area contributed by atoms with Crippen molar-refractivity contribution in [2.24, 2.45) is 5.92 Å². The molecule has 1 aliphatic rings. The Morgan fingerprint density at radius 1 is 1.58 bits per heavy atom. The Hall–Kier alpha value is -1.56. The molecule has 0 N–H and O–H groups in total. The molecule has 104 valence electrons. The quantitative estimate of drug-likeness (QED) is 0.841. The predicted octanol–water partition coefficient (Wildman–Crippen LogP) is 1.83. The van der Waals surface area contributed by atoms with Gasteiger partial charge < -0.3 is 9.64 Å². The van der Waals surface area contributed by atoms with Crippen molar-refractivity contribution in [3.63, 3.8) is 0 Å². The van der Waals surface area contributed by atoms with Gasteiger partial charge in [-0.15, -0.1) is 0 Å². The molecule has 1 aliphatic heterocycles. The third kappa shape index (κ3) is 3.07. The van der Waals surface area contributed by atoms with Gasteiger partial charge in [0.25, 0.3) is 11.8 Å². The number of amides is 1. The van der Waals surface area contributed by atoms with Crippen LogP contribution >= 0.6 is 0 Å². The number of methoxy groups -OCH3 is 1. The Morgan fingerprint density at radius 2 is 2.37 bits per heavy atom. The minimum absolute atomic E-state index is 0.00372. The molecule has 0 saturated carbocycles. The van der Waals surface area contributed by atoms with Crippen molar-refractivity contribution in [3.05, 3.63) is 30.1 Å². The number of halogens is 2. The molecule has 0 radical (unpaired) electrons. The summed E-state index contributed by atoms with van der Waals surface area (Å²) in [5, 5.41) is 0. The van der Waals surface area contributed by atoms with Gasteiger partial charge in [0.15, 0.2) is 0 Å². The molecule has 1 aromatic heterocycles. The lowest BCUT2D eigenvalue weighted by molar-refractivity contribution is -0.118. The largest absolute Gasteiger partial charge is 0.384 e. The van der Waals surface area contributed by atoms with Crippen molar-refractivity contribution in [2.45, 2.75) is 12.3 Å². The van der Waals surface area contributed by atoms with E-state index >= 15 is 0 Å². The first-order chi connectivity index (χ1) is 9.04. The fraction of sp³-hybridized carbons (Fsp3) is 0.538. The summed E-state index contributed by atoms with van der Waals surface area (Å²) < 4.78 is 32.1. The van der Waals surface area contributed by atoms with E-state index in [1.54, 1.807) is 18.2 Å². The van der Waals surface area contributed by atoms with Gasteiger partial charge in [0.05, 0.1) is 12.5 Å². The number of hydrogen-bond donors (Lipinski definition) is 0. The number of aromatic nitrogens is 1. The zero-order valence-electron chi connectivity index (χ0n) is 10.7. The Bertz CT molecular complexity index is 440. The van der Waals surface area contributed by atoms with Crippen LogP contribution in [0.25, 0.3) is 0 Å². The van der Waals surface area contributed by atoms with Crippen LogP contribution in [0.5, 0.6) is 0 Å². The second-order valence-electron chi connectivity index (χ2n) is 4.63. The SMILES string of the molecule is COCC1CN(C(=O)c2ccccn2)CCC1(F)F. The molecule has 1 unspecified atom stereocenters. The number of hydrogen-bond acceptors (Lipinski definition) is 3. The van der Waals surface area contributed by atoms with E-state index in [9.17, 15) is 13.6 Å². The van der Waals surface area contributed by atoms with E-state index in [2.05, 4.69) is 4.98 Å². The van der Waals surface area contributed by atoms with Gasteiger partial charge in [-0.3, -0.25) is 9.78 Å². The number of carbonyl (C=O) groups is 1. The van der Waals surface area contributed by atoms with E-state index in [4.69, 9.17) is 4.74 Å². The standard InChI is InChI=1S/C13H16F2N2O2/c1-19-9-10-8-17(7-5-13(10,14)15)12(18)11-4-2-3-6-16-11/h2-4,6,10H,5,7-9H2,1H3. The van der Waals surface area contributed by atoms with Crippen LogP contribution in [0.1, 0.15) is 16.9 Å². The zero-order chi connectivity index (χ0) is 13.9.